The molecule has 1 saturated heterocycles. The van der Waals surface area contributed by atoms with Crippen LogP contribution >= 0.6 is 0 Å². The first-order valence-corrected chi connectivity index (χ1v) is 13.1. The van der Waals surface area contributed by atoms with Crippen LogP contribution in [0.5, 0.6) is 0 Å². The van der Waals surface area contributed by atoms with Gasteiger partial charge in [0.05, 0.1) is 6.10 Å². The maximum atomic E-state index is 9.10. The highest BCUT2D eigenvalue weighted by Crippen LogP contribution is 2.16. The molecule has 2 aromatic carbocycles. The second-order valence-corrected chi connectivity index (χ2v) is 9.30. The molecule has 0 saturated carbocycles. The molecule has 1 aliphatic rings. The van der Waals surface area contributed by atoms with Gasteiger partial charge in [0.25, 0.3) is 0 Å². The first-order chi connectivity index (χ1) is 19.1. The van der Waals surface area contributed by atoms with Crippen LogP contribution in [0.3, 0.4) is 0 Å². The summed E-state index contributed by atoms with van der Waals surface area (Å²) < 4.78 is 6.15. The summed E-state index contributed by atoms with van der Waals surface area (Å²) in [5.41, 5.74) is 2.86. The molecular weight excluding hydrogens is 520 g/mol. The third-order valence-electron chi connectivity index (χ3n) is 6.04. The van der Waals surface area contributed by atoms with Crippen LogP contribution in [0.25, 0.3) is 0 Å². The Balaban J connectivity index is 0.000000559. The van der Waals surface area contributed by atoms with E-state index in [0.717, 1.165) is 45.8 Å². The van der Waals surface area contributed by atoms with Crippen molar-refractivity contribution >= 4 is 23.9 Å². The predicted octanol–water partition coefficient (Wildman–Crippen LogP) is 2.93. The van der Waals surface area contributed by atoms with E-state index in [1.165, 1.54) is 36.8 Å². The average molecular weight is 561 g/mol. The molecule has 2 aromatic rings. The minimum Gasteiger partial charge on any atom is -0.473 e. The topological polar surface area (TPSA) is 165 Å². The van der Waals surface area contributed by atoms with Gasteiger partial charge in [-0.1, -0.05) is 60.7 Å². The number of carboxylic acids is 4. The molecule has 0 atom stereocenters. The maximum Gasteiger partial charge on any atom is 0.414 e. The fraction of sp³-hybridized carbons (Fsp3) is 0.448. The SMILES string of the molecule is CN(CCCOC1CCN(Cc2ccccc2)CC1)CCCc1ccccc1.O=C(O)C(=O)O.O=C(O)C(=O)O. The van der Waals surface area contributed by atoms with E-state index in [1.807, 2.05) is 0 Å². The molecule has 0 unspecified atom stereocenters. The van der Waals surface area contributed by atoms with Crippen LogP contribution in [0.4, 0.5) is 0 Å². The number of likely N-dealkylation sites (tertiary alicyclic amines) is 1. The van der Waals surface area contributed by atoms with Crippen LogP contribution in [0.2, 0.25) is 0 Å². The highest BCUT2D eigenvalue weighted by molar-refractivity contribution is 6.27. The lowest BCUT2D eigenvalue weighted by molar-refractivity contribution is -0.159. The zero-order valence-electron chi connectivity index (χ0n) is 22.9. The smallest absolute Gasteiger partial charge is 0.414 e. The van der Waals surface area contributed by atoms with Gasteiger partial charge in [0, 0.05) is 32.8 Å². The molecule has 11 nitrogen and oxygen atoms in total. The Morgan fingerprint density at radius 2 is 1.20 bits per heavy atom. The number of carboxylic acid groups (broad SMARTS) is 4. The molecule has 4 N–H and O–H groups in total. The van der Waals surface area contributed by atoms with Crippen molar-refractivity contribution in [1.29, 1.82) is 0 Å². The van der Waals surface area contributed by atoms with Gasteiger partial charge in [0.1, 0.15) is 0 Å². The molecule has 1 fully saturated rings. The molecule has 0 aliphatic carbocycles. The van der Waals surface area contributed by atoms with E-state index in [1.54, 1.807) is 0 Å². The lowest BCUT2D eigenvalue weighted by Crippen LogP contribution is -2.36. The number of benzene rings is 2. The van der Waals surface area contributed by atoms with Crippen molar-refractivity contribution < 1.29 is 44.3 Å². The highest BCUT2D eigenvalue weighted by atomic mass is 16.5. The fourth-order valence-electron chi connectivity index (χ4n) is 3.97. The number of aryl methyl sites for hydroxylation is 1. The van der Waals surface area contributed by atoms with Crippen molar-refractivity contribution in [3.8, 4) is 0 Å². The molecule has 3 rings (SSSR count). The van der Waals surface area contributed by atoms with E-state index in [0.29, 0.717) is 6.10 Å². The second-order valence-electron chi connectivity index (χ2n) is 9.30. The van der Waals surface area contributed by atoms with E-state index < -0.39 is 23.9 Å². The minimum atomic E-state index is -1.82. The van der Waals surface area contributed by atoms with Crippen molar-refractivity contribution in [2.24, 2.45) is 0 Å². The number of carbonyl (C=O) groups is 4. The molecule has 1 aliphatic heterocycles. The monoisotopic (exact) mass is 560 g/mol. The molecule has 0 aromatic heterocycles. The third-order valence-corrected chi connectivity index (χ3v) is 6.04. The van der Waals surface area contributed by atoms with Gasteiger partial charge >= 0.3 is 23.9 Å². The second kappa shape index (κ2) is 20.2. The van der Waals surface area contributed by atoms with Crippen LogP contribution in [0.15, 0.2) is 60.7 Å². The van der Waals surface area contributed by atoms with Gasteiger partial charge in [0.2, 0.25) is 0 Å². The molecule has 1 heterocycles. The Hall–Kier alpha value is -3.80. The number of hydrogen-bond acceptors (Lipinski definition) is 7. The number of nitrogens with zero attached hydrogens (tertiary/aromatic N) is 2. The molecule has 0 bridgehead atoms. The molecule has 11 heteroatoms. The fourth-order valence-corrected chi connectivity index (χ4v) is 3.97. The summed E-state index contributed by atoms with van der Waals surface area (Å²) in [6.45, 7) is 6.56. The summed E-state index contributed by atoms with van der Waals surface area (Å²) in [6, 6.07) is 21.6. The van der Waals surface area contributed by atoms with Gasteiger partial charge in [-0.2, -0.15) is 0 Å². The average Bonchev–Trinajstić information content (AvgIpc) is 2.94. The van der Waals surface area contributed by atoms with Crippen molar-refractivity contribution in [3.63, 3.8) is 0 Å². The van der Waals surface area contributed by atoms with Crippen molar-refractivity contribution in [3.05, 3.63) is 71.8 Å². The highest BCUT2D eigenvalue weighted by Gasteiger charge is 2.19. The predicted molar refractivity (Wildman–Crippen MR) is 148 cm³/mol. The van der Waals surface area contributed by atoms with Gasteiger partial charge in [-0.15, -0.1) is 0 Å². The first-order valence-electron chi connectivity index (χ1n) is 13.1. The summed E-state index contributed by atoms with van der Waals surface area (Å²) in [6.07, 6.45) is 6.31. The zero-order chi connectivity index (χ0) is 29.8. The van der Waals surface area contributed by atoms with Gasteiger partial charge in [-0.25, -0.2) is 19.2 Å². The number of aliphatic carboxylic acids is 4. The summed E-state index contributed by atoms with van der Waals surface area (Å²) in [5.74, 6) is -7.30. The Morgan fingerprint density at radius 1 is 0.750 bits per heavy atom. The molecular formula is C29H40N2O9. The number of piperidine rings is 1. The Bertz CT molecular complexity index is 963. The van der Waals surface area contributed by atoms with E-state index in [-0.39, 0.29) is 0 Å². The van der Waals surface area contributed by atoms with Gasteiger partial charge < -0.3 is 30.1 Å². The van der Waals surface area contributed by atoms with Crippen LogP contribution in [0, 0.1) is 0 Å². The number of ether oxygens (including phenoxy) is 1. The van der Waals surface area contributed by atoms with Crippen molar-refractivity contribution in [2.75, 3.05) is 39.8 Å². The van der Waals surface area contributed by atoms with E-state index in [2.05, 4.69) is 77.5 Å². The summed E-state index contributed by atoms with van der Waals surface area (Å²) >= 11 is 0. The van der Waals surface area contributed by atoms with Crippen LogP contribution < -0.4 is 0 Å². The Kier molecular flexibility index (Phi) is 17.2. The number of rotatable bonds is 11. The molecule has 40 heavy (non-hydrogen) atoms. The molecule has 0 spiro atoms. The zero-order valence-corrected chi connectivity index (χ0v) is 22.9. The minimum absolute atomic E-state index is 0.454. The number of hydrogen-bond donors (Lipinski definition) is 4. The summed E-state index contributed by atoms with van der Waals surface area (Å²) in [7, 11) is 2.23. The van der Waals surface area contributed by atoms with Gasteiger partial charge in [0.15, 0.2) is 0 Å². The van der Waals surface area contributed by atoms with E-state index in [4.69, 9.17) is 44.3 Å². The third kappa shape index (κ3) is 16.9. The van der Waals surface area contributed by atoms with E-state index >= 15 is 0 Å². The van der Waals surface area contributed by atoms with Crippen molar-refractivity contribution in [2.45, 2.75) is 44.8 Å². The largest absolute Gasteiger partial charge is 0.473 e. The van der Waals surface area contributed by atoms with Gasteiger partial charge in [-0.05, 0) is 56.8 Å². The van der Waals surface area contributed by atoms with Crippen LogP contribution in [-0.2, 0) is 36.9 Å². The maximum absolute atomic E-state index is 9.10. The molecule has 0 amide bonds. The van der Waals surface area contributed by atoms with Gasteiger partial charge in [-0.3, -0.25) is 4.90 Å². The standard InChI is InChI=1S/C25H36N2O.2C2H2O4/c1-26(17-8-14-23-10-4-2-5-11-23)18-9-21-28-25-15-19-27(20-16-25)22-24-12-6-3-7-13-24;2*3-1(4)2(5)6/h2-7,10-13,25H,8-9,14-22H2,1H3;2*(H,3,4)(H,5,6). The van der Waals surface area contributed by atoms with Crippen LogP contribution in [0.1, 0.15) is 36.8 Å². The summed E-state index contributed by atoms with van der Waals surface area (Å²) in [4.78, 5) is 41.4. The quantitative estimate of drug-likeness (QED) is 0.236. The molecule has 0 radical (unpaired) electrons. The Morgan fingerprint density at radius 3 is 1.68 bits per heavy atom. The molecule has 220 valence electrons. The normalized spacial score (nSPS) is 13.3. The first kappa shape index (κ1) is 34.2. The van der Waals surface area contributed by atoms with E-state index in [9.17, 15) is 0 Å². The van der Waals surface area contributed by atoms with Crippen LogP contribution in [-0.4, -0.2) is 100 Å². The lowest BCUT2D eigenvalue weighted by atomic mass is 10.1. The lowest BCUT2D eigenvalue weighted by Gasteiger charge is -2.32. The summed E-state index contributed by atoms with van der Waals surface area (Å²) in [5, 5.41) is 29.6. The Labute approximate surface area is 234 Å². The van der Waals surface area contributed by atoms with Crippen molar-refractivity contribution in [1.82, 2.24) is 9.80 Å².